The fraction of sp³-hybridized carbons (Fsp3) is 0.375. The maximum Gasteiger partial charge on any atom is 0.228 e. The van der Waals surface area contributed by atoms with Crippen LogP contribution in [0.2, 0.25) is 0 Å². The monoisotopic (exact) mass is 344 g/mol. The Morgan fingerprint density at radius 3 is 2.75 bits per heavy atom. The molecular weight excluding hydrogens is 324 g/mol. The second-order valence-corrected chi connectivity index (χ2v) is 6.74. The van der Waals surface area contributed by atoms with Crippen LogP contribution in [0, 0.1) is 20.8 Å². The number of nitrogens with zero attached hydrogens (tertiary/aromatic N) is 5. The first-order valence-electron chi connectivity index (χ1n) is 7.70. The Kier molecular flexibility index (Phi) is 4.48. The number of hydrogen-bond acceptors (Lipinski definition) is 5. The summed E-state index contributed by atoms with van der Waals surface area (Å²) in [6, 6.07) is 2.00. The summed E-state index contributed by atoms with van der Waals surface area (Å²) in [4.78, 5) is 21.9. The fourth-order valence-corrected chi connectivity index (χ4v) is 3.55. The number of amides is 1. The molecule has 7 nitrogen and oxygen atoms in total. The fourth-order valence-electron chi connectivity index (χ4n) is 2.53. The molecule has 0 aliphatic rings. The molecule has 126 valence electrons. The highest BCUT2D eigenvalue weighted by Gasteiger charge is 2.15. The smallest absolute Gasteiger partial charge is 0.228 e. The second kappa shape index (κ2) is 6.56. The number of rotatable bonds is 5. The lowest BCUT2D eigenvalue weighted by molar-refractivity contribution is -0.116. The number of aryl methyl sites for hydroxylation is 5. The van der Waals surface area contributed by atoms with E-state index in [0.717, 1.165) is 27.8 Å². The molecule has 0 aliphatic heterocycles. The van der Waals surface area contributed by atoms with Crippen LogP contribution in [-0.4, -0.2) is 30.2 Å². The predicted octanol–water partition coefficient (Wildman–Crippen LogP) is 2.69. The van der Waals surface area contributed by atoms with Gasteiger partial charge in [-0.15, -0.1) is 0 Å². The average molecular weight is 344 g/mol. The van der Waals surface area contributed by atoms with Crippen LogP contribution in [0.4, 0.5) is 5.13 Å². The van der Waals surface area contributed by atoms with Crippen molar-refractivity contribution in [1.82, 2.24) is 24.3 Å². The molecule has 0 aliphatic carbocycles. The molecule has 1 N–H and O–H groups in total. The van der Waals surface area contributed by atoms with Gasteiger partial charge in [0.1, 0.15) is 0 Å². The first kappa shape index (κ1) is 16.4. The van der Waals surface area contributed by atoms with Crippen molar-refractivity contribution >= 4 is 22.4 Å². The lowest BCUT2D eigenvalue weighted by Gasteiger charge is -2.04. The molecule has 0 unspecified atom stereocenters. The van der Waals surface area contributed by atoms with Gasteiger partial charge in [0.2, 0.25) is 5.91 Å². The molecule has 1 amide bonds. The minimum absolute atomic E-state index is 0.0670. The molecule has 0 spiro atoms. The Hall–Kier alpha value is -2.48. The molecular formula is C16H20N6OS. The Morgan fingerprint density at radius 2 is 2.12 bits per heavy atom. The van der Waals surface area contributed by atoms with E-state index in [1.54, 1.807) is 6.20 Å². The van der Waals surface area contributed by atoms with Crippen LogP contribution in [0.1, 0.15) is 23.5 Å². The standard InChI is InChI=1S/C16H20N6OS/c1-10-9-11(2)22(20-10)7-5-13(23)19-16-18-12(3)14(24-16)15-17-6-8-21(15)4/h6,8-9H,5,7H2,1-4H3,(H,18,19,23). The molecule has 0 aromatic carbocycles. The van der Waals surface area contributed by atoms with Crippen molar-refractivity contribution in [2.75, 3.05) is 5.32 Å². The van der Waals surface area contributed by atoms with Gasteiger partial charge in [-0.2, -0.15) is 5.10 Å². The van der Waals surface area contributed by atoms with Crippen LogP contribution in [0.3, 0.4) is 0 Å². The lowest BCUT2D eigenvalue weighted by Crippen LogP contribution is -2.15. The highest BCUT2D eigenvalue weighted by molar-refractivity contribution is 7.19. The van der Waals surface area contributed by atoms with Crippen molar-refractivity contribution < 1.29 is 4.79 Å². The predicted molar refractivity (Wildman–Crippen MR) is 94.0 cm³/mol. The Morgan fingerprint density at radius 1 is 1.33 bits per heavy atom. The van der Waals surface area contributed by atoms with Crippen LogP contribution < -0.4 is 5.32 Å². The number of carbonyl (C=O) groups excluding carboxylic acids is 1. The van der Waals surface area contributed by atoms with E-state index in [9.17, 15) is 4.79 Å². The van der Waals surface area contributed by atoms with Gasteiger partial charge in [0, 0.05) is 38.1 Å². The van der Waals surface area contributed by atoms with Gasteiger partial charge in [-0.05, 0) is 26.8 Å². The van der Waals surface area contributed by atoms with Gasteiger partial charge < -0.3 is 9.88 Å². The summed E-state index contributed by atoms with van der Waals surface area (Å²) in [6.45, 7) is 6.41. The number of carbonyl (C=O) groups is 1. The summed E-state index contributed by atoms with van der Waals surface area (Å²) in [6.07, 6.45) is 4.00. The number of nitrogens with one attached hydrogen (secondary N) is 1. The van der Waals surface area contributed by atoms with Crippen molar-refractivity contribution in [3.63, 3.8) is 0 Å². The number of imidazole rings is 1. The van der Waals surface area contributed by atoms with E-state index < -0.39 is 0 Å². The lowest BCUT2D eigenvalue weighted by atomic mass is 10.3. The summed E-state index contributed by atoms with van der Waals surface area (Å²) in [5.41, 5.74) is 2.88. The summed E-state index contributed by atoms with van der Waals surface area (Å²) >= 11 is 1.44. The zero-order valence-corrected chi connectivity index (χ0v) is 15.0. The van der Waals surface area contributed by atoms with Crippen LogP contribution in [0.5, 0.6) is 0 Å². The second-order valence-electron chi connectivity index (χ2n) is 5.74. The van der Waals surface area contributed by atoms with Gasteiger partial charge in [-0.25, -0.2) is 9.97 Å². The number of thiazole rings is 1. The highest BCUT2D eigenvalue weighted by atomic mass is 32.1. The van der Waals surface area contributed by atoms with E-state index in [-0.39, 0.29) is 5.91 Å². The van der Waals surface area contributed by atoms with Crippen molar-refractivity contribution in [2.24, 2.45) is 7.05 Å². The molecule has 3 aromatic rings. The molecule has 0 fully saturated rings. The van der Waals surface area contributed by atoms with Gasteiger partial charge in [-0.1, -0.05) is 11.3 Å². The van der Waals surface area contributed by atoms with Gasteiger partial charge in [0.25, 0.3) is 0 Å². The van der Waals surface area contributed by atoms with Crippen LogP contribution >= 0.6 is 11.3 Å². The number of hydrogen-bond donors (Lipinski definition) is 1. The van der Waals surface area contributed by atoms with Crippen LogP contribution in [-0.2, 0) is 18.4 Å². The minimum atomic E-state index is -0.0670. The van der Waals surface area contributed by atoms with Gasteiger partial charge >= 0.3 is 0 Å². The molecule has 0 atom stereocenters. The first-order chi connectivity index (χ1) is 11.4. The van der Waals surface area contributed by atoms with Crippen LogP contribution in [0.15, 0.2) is 18.5 Å². The Bertz CT molecular complexity index is 875. The third kappa shape index (κ3) is 3.38. The van der Waals surface area contributed by atoms with Crippen molar-refractivity contribution in [3.8, 4) is 10.7 Å². The van der Waals surface area contributed by atoms with Crippen molar-refractivity contribution in [1.29, 1.82) is 0 Å². The zero-order chi connectivity index (χ0) is 17.3. The third-order valence-corrected chi connectivity index (χ3v) is 4.79. The van der Waals surface area contributed by atoms with E-state index in [2.05, 4.69) is 20.4 Å². The number of anilines is 1. The minimum Gasteiger partial charge on any atom is -0.333 e. The number of aromatic nitrogens is 5. The first-order valence-corrected chi connectivity index (χ1v) is 8.51. The van der Waals surface area contributed by atoms with Crippen molar-refractivity contribution in [2.45, 2.75) is 33.7 Å². The molecule has 0 saturated carbocycles. The topological polar surface area (TPSA) is 77.6 Å². The van der Waals surface area contributed by atoms with E-state index in [1.807, 2.05) is 49.3 Å². The summed E-state index contributed by atoms with van der Waals surface area (Å²) in [5, 5.41) is 7.84. The van der Waals surface area contributed by atoms with E-state index in [4.69, 9.17) is 0 Å². The average Bonchev–Trinajstić information content (AvgIpc) is 3.17. The molecule has 8 heteroatoms. The summed E-state index contributed by atoms with van der Waals surface area (Å²) in [5.74, 6) is 0.788. The van der Waals surface area contributed by atoms with E-state index in [1.165, 1.54) is 11.3 Å². The molecule has 0 saturated heterocycles. The SMILES string of the molecule is Cc1cc(C)n(CCC(=O)Nc2nc(C)c(-c3nccn3C)s2)n1. The van der Waals surface area contributed by atoms with Gasteiger partial charge in [-0.3, -0.25) is 9.48 Å². The highest BCUT2D eigenvalue weighted by Crippen LogP contribution is 2.31. The summed E-state index contributed by atoms with van der Waals surface area (Å²) in [7, 11) is 1.94. The summed E-state index contributed by atoms with van der Waals surface area (Å²) < 4.78 is 3.79. The van der Waals surface area contributed by atoms with Gasteiger partial charge in [0.05, 0.1) is 16.3 Å². The molecule has 3 rings (SSSR count). The third-order valence-electron chi connectivity index (χ3n) is 3.72. The normalized spacial score (nSPS) is 11.0. The zero-order valence-electron chi connectivity index (χ0n) is 14.2. The molecule has 0 radical (unpaired) electrons. The van der Waals surface area contributed by atoms with Crippen molar-refractivity contribution in [3.05, 3.63) is 35.5 Å². The van der Waals surface area contributed by atoms with E-state index >= 15 is 0 Å². The quantitative estimate of drug-likeness (QED) is 0.772. The molecule has 3 heterocycles. The molecule has 3 aromatic heterocycles. The maximum atomic E-state index is 12.2. The van der Waals surface area contributed by atoms with Gasteiger partial charge in [0.15, 0.2) is 11.0 Å². The molecule has 0 bridgehead atoms. The van der Waals surface area contributed by atoms with Crippen LogP contribution in [0.25, 0.3) is 10.7 Å². The molecule has 24 heavy (non-hydrogen) atoms. The Labute approximate surface area is 144 Å². The Balaban J connectivity index is 1.65. The van der Waals surface area contributed by atoms with E-state index in [0.29, 0.717) is 18.1 Å². The largest absolute Gasteiger partial charge is 0.333 e. The maximum absolute atomic E-state index is 12.2.